The van der Waals surface area contributed by atoms with E-state index in [2.05, 4.69) is 15.6 Å². The van der Waals surface area contributed by atoms with Crippen molar-refractivity contribution >= 4 is 22.7 Å². The summed E-state index contributed by atoms with van der Waals surface area (Å²) in [5.41, 5.74) is 1.85. The first-order valence-corrected chi connectivity index (χ1v) is 9.60. The van der Waals surface area contributed by atoms with Crippen LogP contribution in [0.3, 0.4) is 0 Å². The zero-order valence-corrected chi connectivity index (χ0v) is 16.2. The summed E-state index contributed by atoms with van der Waals surface area (Å²) in [5.74, 6) is -0.686. The molecule has 2 aromatic rings. The van der Waals surface area contributed by atoms with Crippen LogP contribution in [0.2, 0.25) is 0 Å². The number of para-hydroxylation sites is 1. The largest absolute Gasteiger partial charge is 0.401 e. The summed E-state index contributed by atoms with van der Waals surface area (Å²) >= 11 is 0. The van der Waals surface area contributed by atoms with E-state index in [1.807, 2.05) is 30.5 Å². The van der Waals surface area contributed by atoms with Crippen LogP contribution in [0.4, 0.5) is 13.2 Å². The van der Waals surface area contributed by atoms with Gasteiger partial charge in [0, 0.05) is 43.5 Å². The minimum absolute atomic E-state index is 0.0348. The lowest BCUT2D eigenvalue weighted by Gasteiger charge is -2.20. The number of benzene rings is 1. The maximum absolute atomic E-state index is 12.7. The summed E-state index contributed by atoms with van der Waals surface area (Å²) in [5, 5.41) is 6.46. The highest BCUT2D eigenvalue weighted by Gasteiger charge is 2.34. The number of carbonyl (C=O) groups excluding carboxylic acids is 2. The van der Waals surface area contributed by atoms with Crippen molar-refractivity contribution < 1.29 is 22.8 Å². The number of rotatable bonds is 7. The Labute approximate surface area is 166 Å². The molecule has 1 saturated heterocycles. The Kier molecular flexibility index (Phi) is 6.46. The third-order valence-corrected chi connectivity index (χ3v) is 5.13. The summed E-state index contributed by atoms with van der Waals surface area (Å²) in [6.07, 6.45) is -1.48. The highest BCUT2D eigenvalue weighted by Crippen LogP contribution is 2.23. The van der Waals surface area contributed by atoms with Crippen LogP contribution < -0.4 is 10.6 Å². The van der Waals surface area contributed by atoms with Crippen LogP contribution in [-0.4, -0.2) is 60.1 Å². The Morgan fingerprint density at radius 3 is 2.79 bits per heavy atom. The highest BCUT2D eigenvalue weighted by atomic mass is 19.4. The van der Waals surface area contributed by atoms with E-state index in [-0.39, 0.29) is 24.3 Å². The average molecular weight is 410 g/mol. The number of carbonyl (C=O) groups is 2. The number of hydrogen-bond acceptors (Lipinski definition) is 3. The molecule has 0 spiro atoms. The van der Waals surface area contributed by atoms with Gasteiger partial charge in [0.05, 0.1) is 6.54 Å². The molecule has 3 N–H and O–H groups in total. The monoisotopic (exact) mass is 410 g/mol. The number of amides is 2. The average Bonchev–Trinajstić information content (AvgIpc) is 3.24. The van der Waals surface area contributed by atoms with Crippen molar-refractivity contribution in [3.63, 3.8) is 0 Å². The first-order chi connectivity index (χ1) is 13.7. The van der Waals surface area contributed by atoms with Crippen molar-refractivity contribution in [3.05, 3.63) is 36.0 Å². The molecule has 2 heterocycles. The second kappa shape index (κ2) is 8.86. The standard InChI is InChI=1S/C20H25F3N4O2/c1-13(28)26-18(8-15-10-24-17-5-3-2-4-16(15)17)19(29)25-9-14-6-7-27(11-14)12-20(21,22)23/h2-5,10,14,18,24H,6-9,11-12H2,1H3,(H,25,29)(H,26,28). The number of nitrogens with one attached hydrogen (secondary N) is 3. The van der Waals surface area contributed by atoms with Crippen molar-refractivity contribution in [2.24, 2.45) is 5.92 Å². The maximum atomic E-state index is 12.7. The van der Waals surface area contributed by atoms with Gasteiger partial charge in [-0.3, -0.25) is 14.5 Å². The molecule has 3 rings (SSSR count). The van der Waals surface area contributed by atoms with Crippen molar-refractivity contribution in [2.45, 2.75) is 32.0 Å². The van der Waals surface area contributed by atoms with E-state index in [1.54, 1.807) is 0 Å². The normalized spacial score (nSPS) is 18.7. The van der Waals surface area contributed by atoms with E-state index < -0.39 is 18.8 Å². The fourth-order valence-corrected chi connectivity index (χ4v) is 3.82. The van der Waals surface area contributed by atoms with Gasteiger partial charge in [0.25, 0.3) is 0 Å². The first kappa shape index (κ1) is 21.2. The van der Waals surface area contributed by atoms with Crippen LogP contribution in [0, 0.1) is 5.92 Å². The Morgan fingerprint density at radius 2 is 2.07 bits per heavy atom. The van der Waals surface area contributed by atoms with Gasteiger partial charge in [-0.05, 0) is 30.5 Å². The number of likely N-dealkylation sites (tertiary alicyclic amines) is 1. The molecular formula is C20H25F3N4O2. The summed E-state index contributed by atoms with van der Waals surface area (Å²) in [6.45, 7) is 1.38. The topological polar surface area (TPSA) is 77.2 Å². The van der Waals surface area contributed by atoms with Crippen LogP contribution in [0.1, 0.15) is 18.9 Å². The molecule has 158 valence electrons. The predicted molar refractivity (Wildman–Crippen MR) is 103 cm³/mol. The zero-order chi connectivity index (χ0) is 21.0. The molecule has 1 aromatic heterocycles. The number of alkyl halides is 3. The number of nitrogens with zero attached hydrogens (tertiary/aromatic N) is 1. The molecule has 1 aliphatic heterocycles. The Bertz CT molecular complexity index is 865. The Hall–Kier alpha value is -2.55. The van der Waals surface area contributed by atoms with Crippen molar-refractivity contribution in [1.82, 2.24) is 20.5 Å². The smallest absolute Gasteiger partial charge is 0.361 e. The quantitative estimate of drug-likeness (QED) is 0.655. The third-order valence-electron chi connectivity index (χ3n) is 5.13. The van der Waals surface area contributed by atoms with Gasteiger partial charge in [0.1, 0.15) is 6.04 Å². The molecule has 2 unspecified atom stereocenters. The minimum Gasteiger partial charge on any atom is -0.361 e. The number of halogens is 3. The highest BCUT2D eigenvalue weighted by molar-refractivity contribution is 5.89. The van der Waals surface area contributed by atoms with E-state index in [0.717, 1.165) is 16.5 Å². The van der Waals surface area contributed by atoms with Crippen molar-refractivity contribution in [3.8, 4) is 0 Å². The third kappa shape index (κ3) is 5.96. The van der Waals surface area contributed by atoms with Crippen molar-refractivity contribution in [1.29, 1.82) is 0 Å². The molecule has 0 radical (unpaired) electrons. The van der Waals surface area contributed by atoms with E-state index in [0.29, 0.717) is 25.9 Å². The lowest BCUT2D eigenvalue weighted by atomic mass is 10.0. The molecule has 1 fully saturated rings. The lowest BCUT2D eigenvalue weighted by molar-refractivity contribution is -0.143. The molecule has 0 saturated carbocycles. The fourth-order valence-electron chi connectivity index (χ4n) is 3.82. The number of H-pyrrole nitrogens is 1. The first-order valence-electron chi connectivity index (χ1n) is 9.60. The number of aromatic nitrogens is 1. The number of fused-ring (bicyclic) bond motifs is 1. The van der Waals surface area contributed by atoms with Gasteiger partial charge >= 0.3 is 6.18 Å². The zero-order valence-electron chi connectivity index (χ0n) is 16.2. The molecule has 0 aliphatic carbocycles. The second-order valence-corrected chi connectivity index (χ2v) is 7.57. The van der Waals surface area contributed by atoms with E-state index in [4.69, 9.17) is 0 Å². The van der Waals surface area contributed by atoms with Crippen LogP contribution in [0.5, 0.6) is 0 Å². The van der Waals surface area contributed by atoms with Crippen LogP contribution in [0.15, 0.2) is 30.5 Å². The maximum Gasteiger partial charge on any atom is 0.401 e. The molecule has 2 atom stereocenters. The van der Waals surface area contributed by atoms with Gasteiger partial charge in [-0.15, -0.1) is 0 Å². The molecule has 29 heavy (non-hydrogen) atoms. The molecule has 1 aromatic carbocycles. The second-order valence-electron chi connectivity index (χ2n) is 7.57. The van der Waals surface area contributed by atoms with E-state index >= 15 is 0 Å². The van der Waals surface area contributed by atoms with Crippen LogP contribution >= 0.6 is 0 Å². The fraction of sp³-hybridized carbons (Fsp3) is 0.500. The van der Waals surface area contributed by atoms with Gasteiger partial charge in [0.2, 0.25) is 11.8 Å². The molecule has 0 bridgehead atoms. The molecular weight excluding hydrogens is 385 g/mol. The summed E-state index contributed by atoms with van der Waals surface area (Å²) in [4.78, 5) is 28.8. The molecule has 2 amide bonds. The Morgan fingerprint density at radius 1 is 1.31 bits per heavy atom. The van der Waals surface area contributed by atoms with Crippen LogP contribution in [-0.2, 0) is 16.0 Å². The minimum atomic E-state index is -4.21. The van der Waals surface area contributed by atoms with Gasteiger partial charge in [-0.25, -0.2) is 0 Å². The number of hydrogen-bond donors (Lipinski definition) is 3. The Balaban J connectivity index is 1.58. The van der Waals surface area contributed by atoms with Gasteiger partial charge in [0.15, 0.2) is 0 Å². The number of aromatic amines is 1. The van der Waals surface area contributed by atoms with Gasteiger partial charge in [-0.2, -0.15) is 13.2 Å². The predicted octanol–water partition coefficient (Wildman–Crippen LogP) is 2.22. The lowest BCUT2D eigenvalue weighted by Crippen LogP contribution is -2.48. The van der Waals surface area contributed by atoms with Gasteiger partial charge < -0.3 is 15.6 Å². The van der Waals surface area contributed by atoms with Crippen LogP contribution in [0.25, 0.3) is 10.9 Å². The molecule has 1 aliphatic rings. The van der Waals surface area contributed by atoms with Gasteiger partial charge in [-0.1, -0.05) is 18.2 Å². The summed E-state index contributed by atoms with van der Waals surface area (Å²) in [7, 11) is 0. The molecule has 9 heteroatoms. The summed E-state index contributed by atoms with van der Waals surface area (Å²) in [6, 6.07) is 6.93. The SMILES string of the molecule is CC(=O)NC(Cc1c[nH]c2ccccc12)C(=O)NCC1CCN(CC(F)(F)F)C1. The van der Waals surface area contributed by atoms with Crippen molar-refractivity contribution in [2.75, 3.05) is 26.2 Å². The molecule has 6 nitrogen and oxygen atoms in total. The summed E-state index contributed by atoms with van der Waals surface area (Å²) < 4.78 is 37.5. The van der Waals surface area contributed by atoms with E-state index in [1.165, 1.54) is 11.8 Å². The van der Waals surface area contributed by atoms with E-state index in [9.17, 15) is 22.8 Å².